The van der Waals surface area contributed by atoms with Crippen LogP contribution in [0.4, 0.5) is 0 Å². The van der Waals surface area contributed by atoms with Gasteiger partial charge in [-0.1, -0.05) is 27.7 Å². The number of likely N-dealkylation sites (tertiary alicyclic amines) is 1. The fourth-order valence-corrected chi connectivity index (χ4v) is 5.79. The summed E-state index contributed by atoms with van der Waals surface area (Å²) in [6.07, 6.45) is -2.52. The Kier molecular flexibility index (Phi) is 20.8. The van der Waals surface area contributed by atoms with E-state index in [-0.39, 0.29) is 31.7 Å². The molecule has 332 valence electrons. The number of hydrogen-bond donors (Lipinski definition) is 13. The molecule has 1 fully saturated rings. The number of nitrogens with zero attached hydrogens (tertiary/aromatic N) is 1. The van der Waals surface area contributed by atoms with E-state index in [1.807, 2.05) is 5.32 Å². The first kappa shape index (κ1) is 51.1. The molecule has 25 heteroatoms. The number of aliphatic carboxylic acids is 3. The predicted octanol–water partition coefficient (Wildman–Crippen LogP) is -6.19. The molecule has 0 aromatic carbocycles. The summed E-state index contributed by atoms with van der Waals surface area (Å²) in [4.78, 5) is 139. The van der Waals surface area contributed by atoms with Crippen LogP contribution in [0, 0.1) is 11.8 Å². The van der Waals surface area contributed by atoms with E-state index in [0.717, 1.165) is 4.90 Å². The molecule has 0 aromatic rings. The average molecular weight is 846 g/mol. The van der Waals surface area contributed by atoms with E-state index in [2.05, 4.69) is 26.6 Å². The molecule has 0 saturated carbocycles. The van der Waals surface area contributed by atoms with Crippen molar-refractivity contribution >= 4 is 65.2 Å². The molecule has 1 saturated heterocycles. The van der Waals surface area contributed by atoms with Gasteiger partial charge in [0.15, 0.2) is 0 Å². The molecule has 0 bridgehead atoms. The monoisotopic (exact) mass is 845 g/mol. The number of hydrogen-bond acceptors (Lipinski definition) is 14. The van der Waals surface area contributed by atoms with Gasteiger partial charge in [-0.15, -0.1) is 0 Å². The van der Waals surface area contributed by atoms with Crippen molar-refractivity contribution in [1.29, 1.82) is 0 Å². The van der Waals surface area contributed by atoms with Crippen LogP contribution in [0.2, 0.25) is 0 Å². The number of aliphatic hydroxyl groups is 2. The van der Waals surface area contributed by atoms with Crippen molar-refractivity contribution in [2.75, 3.05) is 19.8 Å². The molecule has 25 nitrogen and oxygen atoms in total. The summed E-state index contributed by atoms with van der Waals surface area (Å²) in [5, 5.41) is 60.3. The van der Waals surface area contributed by atoms with E-state index in [0.29, 0.717) is 0 Å². The average Bonchev–Trinajstić information content (AvgIpc) is 3.63. The minimum atomic E-state index is -1.87. The molecule has 1 rings (SSSR count). The van der Waals surface area contributed by atoms with Gasteiger partial charge in [-0.3, -0.25) is 47.9 Å². The number of carboxylic acids is 3. The van der Waals surface area contributed by atoms with E-state index in [4.69, 9.17) is 21.7 Å². The van der Waals surface area contributed by atoms with Gasteiger partial charge in [0, 0.05) is 6.54 Å². The van der Waals surface area contributed by atoms with Crippen molar-refractivity contribution in [1.82, 2.24) is 36.8 Å². The van der Waals surface area contributed by atoms with Gasteiger partial charge in [-0.25, -0.2) is 4.79 Å². The lowest BCUT2D eigenvalue weighted by Crippen LogP contribution is -2.61. The number of carboxylic acid groups (broad SMARTS) is 3. The topological polar surface area (TPSA) is 416 Å². The van der Waals surface area contributed by atoms with Crippen molar-refractivity contribution in [3.63, 3.8) is 0 Å². The maximum atomic E-state index is 13.7. The summed E-state index contributed by atoms with van der Waals surface area (Å²) in [7, 11) is 0. The second-order valence-corrected chi connectivity index (χ2v) is 14.5. The number of carbonyl (C=O) groups excluding carboxylic acids is 8. The number of amides is 8. The molecule has 8 atom stereocenters. The Labute approximate surface area is 337 Å². The Bertz CT molecular complexity index is 1590. The third kappa shape index (κ3) is 16.8. The SMILES string of the molecule is CC(C)C[C@H](NC(=O)[C@@H]1CCCN1C(=O)[C@H](CO)NC(=O)[C@H](CC(N)=O)NC(=O)[C@@H](N)CO)C(=O)N[C@@H](CC(=O)O)C(=O)N[C@H](C(=O)N[C@@H](CC(=O)O)C(=O)O)C(C)C. The van der Waals surface area contributed by atoms with Crippen molar-refractivity contribution in [3.8, 4) is 0 Å². The molecule has 0 radical (unpaired) electrons. The second kappa shape index (κ2) is 24.1. The molecule has 1 heterocycles. The molecule has 1 aliphatic rings. The first-order valence-electron chi connectivity index (χ1n) is 18.5. The van der Waals surface area contributed by atoms with Crippen LogP contribution in [0.15, 0.2) is 0 Å². The first-order chi connectivity index (χ1) is 27.4. The van der Waals surface area contributed by atoms with Gasteiger partial charge in [0.25, 0.3) is 0 Å². The highest BCUT2D eigenvalue weighted by Crippen LogP contribution is 2.20. The van der Waals surface area contributed by atoms with E-state index in [9.17, 15) is 68.1 Å². The van der Waals surface area contributed by atoms with Crippen molar-refractivity contribution in [2.45, 2.75) is 115 Å². The number of rotatable bonds is 25. The molecule has 8 amide bonds. The van der Waals surface area contributed by atoms with Gasteiger partial charge >= 0.3 is 17.9 Å². The van der Waals surface area contributed by atoms with Gasteiger partial charge in [0.2, 0.25) is 47.3 Å². The summed E-state index contributed by atoms with van der Waals surface area (Å²) in [5.74, 6) is -14.2. The number of aliphatic hydroxyl groups excluding tert-OH is 2. The zero-order chi connectivity index (χ0) is 45.3. The fraction of sp³-hybridized carbons (Fsp3) is 0.676. The van der Waals surface area contributed by atoms with E-state index >= 15 is 0 Å². The van der Waals surface area contributed by atoms with Gasteiger partial charge in [-0.2, -0.15) is 0 Å². The fourth-order valence-electron chi connectivity index (χ4n) is 5.79. The molecule has 59 heavy (non-hydrogen) atoms. The molecule has 0 aromatic heterocycles. The maximum Gasteiger partial charge on any atom is 0.326 e. The van der Waals surface area contributed by atoms with Gasteiger partial charge in [0.1, 0.15) is 48.3 Å². The number of primary amides is 1. The molecular formula is C34H55N9O16. The van der Waals surface area contributed by atoms with Crippen LogP contribution in [0.5, 0.6) is 0 Å². The smallest absolute Gasteiger partial charge is 0.326 e. The minimum Gasteiger partial charge on any atom is -0.481 e. The van der Waals surface area contributed by atoms with Gasteiger partial charge in [-0.05, 0) is 31.1 Å². The summed E-state index contributed by atoms with van der Waals surface area (Å²) in [5.41, 5.74) is 10.6. The lowest BCUT2D eigenvalue weighted by atomic mass is 10.0. The second-order valence-electron chi connectivity index (χ2n) is 14.5. The normalized spacial score (nSPS) is 17.2. The summed E-state index contributed by atoms with van der Waals surface area (Å²) < 4.78 is 0. The quantitative estimate of drug-likeness (QED) is 0.0406. The Balaban J connectivity index is 3.24. The Morgan fingerprint density at radius 2 is 1.12 bits per heavy atom. The molecular weight excluding hydrogens is 790 g/mol. The Morgan fingerprint density at radius 1 is 0.627 bits per heavy atom. The van der Waals surface area contributed by atoms with Crippen molar-refractivity contribution < 1.29 is 78.3 Å². The van der Waals surface area contributed by atoms with Crippen LogP contribution in [-0.4, -0.2) is 164 Å². The Hall–Kier alpha value is -5.95. The Morgan fingerprint density at radius 3 is 1.61 bits per heavy atom. The third-order valence-electron chi connectivity index (χ3n) is 8.80. The van der Waals surface area contributed by atoms with Gasteiger partial charge in [0.05, 0.1) is 32.5 Å². The lowest BCUT2D eigenvalue weighted by Gasteiger charge is -2.30. The van der Waals surface area contributed by atoms with Crippen molar-refractivity contribution in [2.24, 2.45) is 23.3 Å². The minimum absolute atomic E-state index is 0.0495. The van der Waals surface area contributed by atoms with E-state index < -0.39 is 152 Å². The molecule has 1 aliphatic heterocycles. The van der Waals surface area contributed by atoms with Crippen LogP contribution >= 0.6 is 0 Å². The van der Waals surface area contributed by atoms with Gasteiger partial charge < -0.3 is 73.8 Å². The molecule has 0 aliphatic carbocycles. The number of carbonyl (C=O) groups is 11. The standard InChI is InChI=1S/C34H55N9O16/c1-14(2)8-17(28(52)38-19(10-24(47)48)30(54)42-26(15(3)4)32(56)40-20(34(58)59)11-25(49)50)39-31(55)22-6-5-7-43(22)33(57)21(13-45)41-29(53)18(9-23(36)46)37-27(51)16(35)12-44/h14-22,26,44-45H,5-13,35H2,1-4H3,(H2,36,46)(H,37,51)(H,38,52)(H,39,55)(H,40,56)(H,41,53)(H,42,54)(H,47,48)(H,49,50)(H,58,59)/t16-,17-,18-,19-,20-,21-,22-,26-/m0/s1. The summed E-state index contributed by atoms with van der Waals surface area (Å²) in [6, 6.07) is -12.8. The predicted molar refractivity (Wildman–Crippen MR) is 199 cm³/mol. The third-order valence-corrected chi connectivity index (χ3v) is 8.80. The highest BCUT2D eigenvalue weighted by molar-refractivity contribution is 5.99. The van der Waals surface area contributed by atoms with Crippen LogP contribution < -0.4 is 43.4 Å². The maximum absolute atomic E-state index is 13.7. The summed E-state index contributed by atoms with van der Waals surface area (Å²) in [6.45, 7) is 4.39. The molecule has 15 N–H and O–H groups in total. The highest BCUT2D eigenvalue weighted by Gasteiger charge is 2.40. The molecule has 0 spiro atoms. The molecule has 0 unspecified atom stereocenters. The highest BCUT2D eigenvalue weighted by atomic mass is 16.4. The van der Waals surface area contributed by atoms with E-state index in [1.165, 1.54) is 13.8 Å². The van der Waals surface area contributed by atoms with E-state index in [1.54, 1.807) is 13.8 Å². The van der Waals surface area contributed by atoms with Crippen LogP contribution in [0.1, 0.15) is 66.2 Å². The lowest BCUT2D eigenvalue weighted by molar-refractivity contribution is -0.147. The zero-order valence-corrected chi connectivity index (χ0v) is 33.0. The number of nitrogens with one attached hydrogen (secondary N) is 6. The largest absolute Gasteiger partial charge is 0.481 e. The zero-order valence-electron chi connectivity index (χ0n) is 33.0. The van der Waals surface area contributed by atoms with Crippen LogP contribution in [0.25, 0.3) is 0 Å². The van der Waals surface area contributed by atoms with Crippen LogP contribution in [-0.2, 0) is 52.7 Å². The summed E-state index contributed by atoms with van der Waals surface area (Å²) >= 11 is 0. The first-order valence-corrected chi connectivity index (χ1v) is 18.5. The van der Waals surface area contributed by atoms with Crippen LogP contribution in [0.3, 0.4) is 0 Å². The van der Waals surface area contributed by atoms with Crippen molar-refractivity contribution in [3.05, 3.63) is 0 Å². The number of nitrogens with two attached hydrogens (primary N) is 2.